The Morgan fingerprint density at radius 3 is 1.98 bits per heavy atom. The summed E-state index contributed by atoms with van der Waals surface area (Å²) in [6.45, 7) is 4.44. The van der Waals surface area contributed by atoms with Crippen molar-refractivity contribution in [1.82, 2.24) is 19.1 Å². The first kappa shape index (κ1) is 24.8. The first-order valence-corrected chi connectivity index (χ1v) is 15.0. The molecule has 0 aliphatic heterocycles. The molecule has 0 amide bonds. The van der Waals surface area contributed by atoms with Gasteiger partial charge in [-0.3, -0.25) is 4.57 Å². The lowest BCUT2D eigenvalue weighted by Gasteiger charge is -2.12. The molecule has 44 heavy (non-hydrogen) atoms. The van der Waals surface area contributed by atoms with Crippen LogP contribution in [0.1, 0.15) is 11.3 Å². The predicted octanol–water partition coefficient (Wildman–Crippen LogP) is 10.1. The second-order valence-electron chi connectivity index (χ2n) is 11.5. The second-order valence-corrected chi connectivity index (χ2v) is 11.5. The fourth-order valence-electron chi connectivity index (χ4n) is 6.96. The Morgan fingerprint density at radius 2 is 1.16 bits per heavy atom. The van der Waals surface area contributed by atoms with E-state index in [-0.39, 0.29) is 0 Å². The molecule has 0 spiro atoms. The Kier molecular flexibility index (Phi) is 5.29. The van der Waals surface area contributed by atoms with Gasteiger partial charge in [0.2, 0.25) is 5.95 Å². The lowest BCUT2D eigenvalue weighted by molar-refractivity contribution is 1.01. The molecule has 0 radical (unpaired) electrons. The monoisotopic (exact) mass is 564 g/mol. The van der Waals surface area contributed by atoms with Crippen LogP contribution in [0, 0.1) is 13.8 Å². The van der Waals surface area contributed by atoms with Crippen LogP contribution in [0.2, 0.25) is 0 Å². The van der Waals surface area contributed by atoms with Crippen molar-refractivity contribution in [2.45, 2.75) is 13.8 Å². The van der Waals surface area contributed by atoms with Crippen molar-refractivity contribution in [3.63, 3.8) is 0 Å². The number of aryl methyl sites for hydroxylation is 1. The highest BCUT2D eigenvalue weighted by atomic mass is 15.2. The molecule has 3 heterocycles. The topological polar surface area (TPSA) is 35.6 Å². The lowest BCUT2D eigenvalue weighted by atomic mass is 10.0. The number of fused-ring (bicyclic) bond motifs is 7. The quantitative estimate of drug-likeness (QED) is 0.214. The average Bonchev–Trinajstić information content (AvgIpc) is 3.54. The molecule has 0 fully saturated rings. The third kappa shape index (κ3) is 3.51. The zero-order valence-corrected chi connectivity index (χ0v) is 24.5. The molecule has 0 aliphatic carbocycles. The Hall–Kier alpha value is -5.74. The molecule has 6 aromatic carbocycles. The number of rotatable bonds is 3. The van der Waals surface area contributed by atoms with Gasteiger partial charge in [-0.1, -0.05) is 97.1 Å². The molecule has 0 aliphatic rings. The van der Waals surface area contributed by atoms with E-state index in [1.807, 2.05) is 6.07 Å². The van der Waals surface area contributed by atoms with Crippen molar-refractivity contribution < 1.29 is 0 Å². The molecule has 0 N–H and O–H groups in total. The van der Waals surface area contributed by atoms with Crippen LogP contribution in [0.15, 0.2) is 133 Å². The van der Waals surface area contributed by atoms with Crippen LogP contribution in [-0.2, 0) is 0 Å². The van der Waals surface area contributed by atoms with Gasteiger partial charge in [-0.2, -0.15) is 0 Å². The summed E-state index contributed by atoms with van der Waals surface area (Å²) in [5.74, 6) is 0.675. The van der Waals surface area contributed by atoms with Gasteiger partial charge >= 0.3 is 0 Å². The van der Waals surface area contributed by atoms with Crippen molar-refractivity contribution in [2.75, 3.05) is 0 Å². The van der Waals surface area contributed by atoms with E-state index in [0.29, 0.717) is 5.95 Å². The molecule has 9 aromatic rings. The maximum absolute atomic E-state index is 5.31. The minimum Gasteiger partial charge on any atom is -0.314 e. The Balaban J connectivity index is 1.46. The maximum atomic E-state index is 5.31. The number of nitrogens with zero attached hydrogens (tertiary/aromatic N) is 4. The normalized spacial score (nSPS) is 11.9. The van der Waals surface area contributed by atoms with Gasteiger partial charge in [0.05, 0.1) is 27.8 Å². The van der Waals surface area contributed by atoms with Crippen LogP contribution in [-0.4, -0.2) is 19.1 Å². The van der Waals surface area contributed by atoms with Gasteiger partial charge in [0.25, 0.3) is 0 Å². The smallest absolute Gasteiger partial charge is 0.235 e. The van der Waals surface area contributed by atoms with Gasteiger partial charge < -0.3 is 4.57 Å². The van der Waals surface area contributed by atoms with Crippen LogP contribution < -0.4 is 0 Å². The van der Waals surface area contributed by atoms with E-state index in [1.165, 1.54) is 49.4 Å². The lowest BCUT2D eigenvalue weighted by Crippen LogP contribution is -2.03. The Bertz CT molecular complexity index is 2560. The van der Waals surface area contributed by atoms with Crippen LogP contribution in [0.3, 0.4) is 0 Å². The van der Waals surface area contributed by atoms with Crippen molar-refractivity contribution in [3.8, 4) is 22.9 Å². The molecule has 3 aromatic heterocycles. The highest BCUT2D eigenvalue weighted by Gasteiger charge is 2.22. The average molecular weight is 565 g/mol. The molecule has 0 saturated carbocycles. The van der Waals surface area contributed by atoms with Crippen LogP contribution in [0.5, 0.6) is 0 Å². The fourth-order valence-corrected chi connectivity index (χ4v) is 6.96. The summed E-state index contributed by atoms with van der Waals surface area (Å²) in [4.78, 5) is 10.5. The van der Waals surface area contributed by atoms with E-state index in [0.717, 1.165) is 33.2 Å². The van der Waals surface area contributed by atoms with E-state index >= 15 is 0 Å². The van der Waals surface area contributed by atoms with Crippen molar-refractivity contribution in [3.05, 3.63) is 145 Å². The standard InChI is InChI=1S/C40H28N4/c1-25-26(2)43(29-16-7-4-8-17-29)36-24-33-37(23-32(25)36)44(35-22-21-27-13-9-10-18-30(27)38(33)35)40-41-34-20-12-11-19-31(34)39(42-40)28-14-5-3-6-15-28/h3-24H,1-2H3. The molecule has 208 valence electrons. The molecule has 0 atom stereocenters. The highest BCUT2D eigenvalue weighted by molar-refractivity contribution is 6.23. The third-order valence-electron chi connectivity index (χ3n) is 9.15. The fraction of sp³-hybridized carbons (Fsp3) is 0.0500. The van der Waals surface area contributed by atoms with E-state index < -0.39 is 0 Å². The summed E-state index contributed by atoms with van der Waals surface area (Å²) in [5, 5.41) is 7.13. The molecule has 0 bridgehead atoms. The maximum Gasteiger partial charge on any atom is 0.235 e. The van der Waals surface area contributed by atoms with Crippen LogP contribution in [0.4, 0.5) is 0 Å². The van der Waals surface area contributed by atoms with Crippen molar-refractivity contribution in [2.24, 2.45) is 0 Å². The molecular weight excluding hydrogens is 536 g/mol. The van der Waals surface area contributed by atoms with Crippen LogP contribution in [0.25, 0.3) is 77.3 Å². The molecule has 4 nitrogen and oxygen atoms in total. The second kappa shape index (κ2) is 9.38. The van der Waals surface area contributed by atoms with Crippen molar-refractivity contribution >= 4 is 54.4 Å². The van der Waals surface area contributed by atoms with Crippen LogP contribution >= 0.6 is 0 Å². The minimum absolute atomic E-state index is 0.675. The third-order valence-corrected chi connectivity index (χ3v) is 9.15. The van der Waals surface area contributed by atoms with Gasteiger partial charge in [0, 0.05) is 38.5 Å². The SMILES string of the molecule is Cc1c(C)n(-c2ccccc2)c2cc3c4c5ccccc5ccc4n(-c4nc(-c5ccccc5)c5ccccc5n4)c3cc12. The van der Waals surface area contributed by atoms with E-state index in [2.05, 4.69) is 150 Å². The zero-order valence-electron chi connectivity index (χ0n) is 24.5. The van der Waals surface area contributed by atoms with Gasteiger partial charge in [0.1, 0.15) is 0 Å². The molecule has 9 rings (SSSR count). The van der Waals surface area contributed by atoms with Crippen molar-refractivity contribution in [1.29, 1.82) is 0 Å². The van der Waals surface area contributed by atoms with E-state index in [9.17, 15) is 0 Å². The van der Waals surface area contributed by atoms with Gasteiger partial charge in [-0.05, 0) is 66.6 Å². The first-order chi connectivity index (χ1) is 21.7. The minimum atomic E-state index is 0.675. The summed E-state index contributed by atoms with van der Waals surface area (Å²) in [7, 11) is 0. The number of benzene rings is 6. The zero-order chi connectivity index (χ0) is 29.4. The Morgan fingerprint density at radius 1 is 0.500 bits per heavy atom. The predicted molar refractivity (Wildman–Crippen MR) is 183 cm³/mol. The van der Waals surface area contributed by atoms with Gasteiger partial charge in [0.15, 0.2) is 0 Å². The summed E-state index contributed by atoms with van der Waals surface area (Å²) in [6, 6.07) is 47.2. The summed E-state index contributed by atoms with van der Waals surface area (Å²) in [6.07, 6.45) is 0. The largest absolute Gasteiger partial charge is 0.314 e. The van der Waals surface area contributed by atoms with Gasteiger partial charge in [-0.25, -0.2) is 9.97 Å². The molecular formula is C40H28N4. The van der Waals surface area contributed by atoms with E-state index in [4.69, 9.17) is 9.97 Å². The number of hydrogen-bond donors (Lipinski definition) is 0. The number of hydrogen-bond acceptors (Lipinski definition) is 2. The number of para-hydroxylation sites is 2. The number of aromatic nitrogens is 4. The first-order valence-electron chi connectivity index (χ1n) is 15.0. The summed E-state index contributed by atoms with van der Waals surface area (Å²) in [5.41, 5.74) is 10.0. The summed E-state index contributed by atoms with van der Waals surface area (Å²) >= 11 is 0. The van der Waals surface area contributed by atoms with E-state index in [1.54, 1.807) is 0 Å². The molecule has 0 saturated heterocycles. The highest BCUT2D eigenvalue weighted by Crippen LogP contribution is 2.41. The molecule has 4 heteroatoms. The summed E-state index contributed by atoms with van der Waals surface area (Å²) < 4.78 is 4.66. The Labute approximate surface area is 254 Å². The van der Waals surface area contributed by atoms with Gasteiger partial charge in [-0.15, -0.1) is 0 Å². The molecule has 0 unspecified atom stereocenters.